The lowest BCUT2D eigenvalue weighted by Crippen LogP contribution is -2.06. The van der Waals surface area contributed by atoms with E-state index in [-0.39, 0.29) is 19.1 Å². The number of hydrogen-bond donors (Lipinski definition) is 1. The first-order valence-corrected chi connectivity index (χ1v) is 6.92. The van der Waals surface area contributed by atoms with Crippen molar-refractivity contribution in [2.45, 2.75) is 24.2 Å². The van der Waals surface area contributed by atoms with E-state index >= 15 is 0 Å². The first-order chi connectivity index (χ1) is 9.63. The van der Waals surface area contributed by atoms with Crippen LogP contribution in [-0.2, 0) is 21.9 Å². The molecule has 0 saturated heterocycles. The molecule has 2 aromatic rings. The minimum absolute atomic E-state index is 0.00835. The highest BCUT2D eigenvalue weighted by Crippen LogP contribution is 2.22. The van der Waals surface area contributed by atoms with Gasteiger partial charge >= 0.3 is 5.97 Å². The molecule has 0 aliphatic heterocycles. The molecule has 1 aromatic heterocycles. The van der Waals surface area contributed by atoms with Gasteiger partial charge in [0.15, 0.2) is 5.82 Å². The van der Waals surface area contributed by atoms with Crippen molar-refractivity contribution in [3.05, 3.63) is 41.5 Å². The van der Waals surface area contributed by atoms with Crippen molar-refractivity contribution in [1.29, 1.82) is 0 Å². The van der Waals surface area contributed by atoms with Crippen LogP contribution < -0.4 is 0 Å². The highest BCUT2D eigenvalue weighted by molar-refractivity contribution is 7.98. The Morgan fingerprint density at radius 2 is 2.35 bits per heavy atom. The molecule has 0 unspecified atom stereocenters. The number of ether oxygens (including phenoxy) is 1. The summed E-state index contributed by atoms with van der Waals surface area (Å²) in [6.07, 6.45) is 0. The summed E-state index contributed by atoms with van der Waals surface area (Å²) in [7, 11) is 0. The minimum atomic E-state index is -1.03. The van der Waals surface area contributed by atoms with Gasteiger partial charge in [-0.3, -0.25) is 0 Å². The molecular formula is C13H14N2O4S. The molecule has 0 fully saturated rings. The van der Waals surface area contributed by atoms with Crippen molar-refractivity contribution >= 4 is 17.7 Å². The van der Waals surface area contributed by atoms with Gasteiger partial charge in [-0.05, 0) is 19.1 Å². The fourth-order valence-corrected chi connectivity index (χ4v) is 2.34. The van der Waals surface area contributed by atoms with Crippen molar-refractivity contribution in [3.63, 3.8) is 0 Å². The molecule has 0 radical (unpaired) electrons. The summed E-state index contributed by atoms with van der Waals surface area (Å²) in [5.74, 6) is 0.405. The molecule has 0 saturated carbocycles. The molecule has 0 bridgehead atoms. The van der Waals surface area contributed by atoms with Crippen molar-refractivity contribution in [2.75, 3.05) is 6.61 Å². The number of carboxylic acids is 1. The van der Waals surface area contributed by atoms with Crippen LogP contribution in [0.15, 0.2) is 33.7 Å². The molecular weight excluding hydrogens is 280 g/mol. The Morgan fingerprint density at radius 1 is 1.50 bits per heavy atom. The molecule has 0 amide bonds. The van der Waals surface area contributed by atoms with E-state index in [4.69, 9.17) is 14.4 Å². The van der Waals surface area contributed by atoms with Gasteiger partial charge in [-0.15, -0.1) is 11.8 Å². The molecule has 106 valence electrons. The highest BCUT2D eigenvalue weighted by Gasteiger charge is 2.08. The summed E-state index contributed by atoms with van der Waals surface area (Å²) in [5.41, 5.74) is 1.20. The number of rotatable bonds is 7. The van der Waals surface area contributed by atoms with Crippen LogP contribution >= 0.6 is 11.8 Å². The average molecular weight is 294 g/mol. The monoisotopic (exact) mass is 294 g/mol. The molecule has 1 heterocycles. The summed E-state index contributed by atoms with van der Waals surface area (Å²) >= 11 is 1.61. The summed E-state index contributed by atoms with van der Waals surface area (Å²) < 4.78 is 9.84. The zero-order chi connectivity index (χ0) is 14.4. The SMILES string of the molecule is Cc1cccc(SCc2noc(COCC(=O)O)n2)c1. The van der Waals surface area contributed by atoms with Gasteiger partial charge < -0.3 is 14.4 Å². The van der Waals surface area contributed by atoms with Gasteiger partial charge in [0.2, 0.25) is 0 Å². The van der Waals surface area contributed by atoms with Crippen LogP contribution in [0.5, 0.6) is 0 Å². The number of nitrogens with zero attached hydrogens (tertiary/aromatic N) is 2. The Hall–Kier alpha value is -1.86. The lowest BCUT2D eigenvalue weighted by atomic mass is 10.2. The van der Waals surface area contributed by atoms with Crippen LogP contribution in [0, 0.1) is 6.92 Å². The Kier molecular flexibility index (Phi) is 5.14. The van der Waals surface area contributed by atoms with E-state index in [1.807, 2.05) is 25.1 Å². The van der Waals surface area contributed by atoms with Crippen LogP contribution in [0.4, 0.5) is 0 Å². The van der Waals surface area contributed by atoms with Crippen molar-refractivity contribution in [1.82, 2.24) is 10.1 Å². The molecule has 0 atom stereocenters. The summed E-state index contributed by atoms with van der Waals surface area (Å²) in [5, 5.41) is 12.3. The van der Waals surface area contributed by atoms with Gasteiger partial charge in [-0.25, -0.2) is 4.79 Å². The van der Waals surface area contributed by atoms with Crippen molar-refractivity contribution < 1.29 is 19.2 Å². The smallest absolute Gasteiger partial charge is 0.329 e. The van der Waals surface area contributed by atoms with Crippen LogP contribution in [-0.4, -0.2) is 27.8 Å². The molecule has 6 nitrogen and oxygen atoms in total. The molecule has 2 rings (SSSR count). The minimum Gasteiger partial charge on any atom is -0.480 e. The molecule has 0 aliphatic carbocycles. The average Bonchev–Trinajstić information content (AvgIpc) is 2.84. The number of aryl methyl sites for hydroxylation is 1. The van der Waals surface area contributed by atoms with Gasteiger partial charge in [0.25, 0.3) is 5.89 Å². The first-order valence-electron chi connectivity index (χ1n) is 5.94. The van der Waals surface area contributed by atoms with E-state index in [1.54, 1.807) is 11.8 Å². The van der Waals surface area contributed by atoms with E-state index in [0.717, 1.165) is 4.90 Å². The Balaban J connectivity index is 1.82. The normalized spacial score (nSPS) is 10.7. The number of hydrogen-bond acceptors (Lipinski definition) is 6. The first kappa shape index (κ1) is 14.5. The molecule has 0 aliphatic rings. The Bertz CT molecular complexity index is 585. The molecule has 0 spiro atoms. The number of carboxylic acid groups (broad SMARTS) is 1. The van der Waals surface area contributed by atoms with E-state index in [2.05, 4.69) is 16.2 Å². The topological polar surface area (TPSA) is 85.5 Å². The van der Waals surface area contributed by atoms with E-state index in [9.17, 15) is 4.79 Å². The Morgan fingerprint density at radius 3 is 3.10 bits per heavy atom. The van der Waals surface area contributed by atoms with Crippen LogP contribution in [0.25, 0.3) is 0 Å². The third-order valence-corrected chi connectivity index (χ3v) is 3.31. The van der Waals surface area contributed by atoms with Crippen LogP contribution in [0.2, 0.25) is 0 Å². The standard InChI is InChI=1S/C13H14N2O4S/c1-9-3-2-4-10(5-9)20-8-11-14-12(19-15-11)6-18-7-13(16)17/h2-5H,6-8H2,1H3,(H,16,17). The molecule has 1 N–H and O–H groups in total. The quantitative estimate of drug-likeness (QED) is 0.784. The van der Waals surface area contributed by atoms with Gasteiger partial charge in [0.05, 0.1) is 5.75 Å². The third kappa shape index (κ3) is 4.67. The second-order valence-corrected chi connectivity index (χ2v) is 5.14. The summed E-state index contributed by atoms with van der Waals surface area (Å²) in [4.78, 5) is 15.6. The van der Waals surface area contributed by atoms with Gasteiger partial charge in [-0.2, -0.15) is 4.98 Å². The highest BCUT2D eigenvalue weighted by atomic mass is 32.2. The zero-order valence-corrected chi connectivity index (χ0v) is 11.7. The van der Waals surface area contributed by atoms with E-state index < -0.39 is 5.97 Å². The number of thioether (sulfide) groups is 1. The maximum absolute atomic E-state index is 10.3. The van der Waals surface area contributed by atoms with Gasteiger partial charge in [0, 0.05) is 4.90 Å². The Labute approximate surface area is 120 Å². The van der Waals surface area contributed by atoms with Crippen molar-refractivity contribution in [3.8, 4) is 0 Å². The van der Waals surface area contributed by atoms with E-state index in [1.165, 1.54) is 5.56 Å². The molecule has 7 heteroatoms. The van der Waals surface area contributed by atoms with Crippen molar-refractivity contribution in [2.24, 2.45) is 0 Å². The summed E-state index contributed by atoms with van der Waals surface area (Å²) in [6, 6.07) is 8.14. The third-order valence-electron chi connectivity index (χ3n) is 2.32. The number of aromatic nitrogens is 2. The van der Waals surface area contributed by atoms with Crippen LogP contribution in [0.3, 0.4) is 0 Å². The van der Waals surface area contributed by atoms with Gasteiger partial charge in [0.1, 0.15) is 13.2 Å². The lowest BCUT2D eigenvalue weighted by molar-refractivity contribution is -0.142. The summed E-state index contributed by atoms with van der Waals surface area (Å²) in [6.45, 7) is 1.67. The maximum Gasteiger partial charge on any atom is 0.329 e. The number of aliphatic carboxylic acids is 1. The molecule has 1 aromatic carbocycles. The predicted octanol–water partition coefficient (Wildman–Crippen LogP) is 2.27. The molecule has 20 heavy (non-hydrogen) atoms. The fourth-order valence-electron chi connectivity index (χ4n) is 1.49. The lowest BCUT2D eigenvalue weighted by Gasteiger charge is -1.99. The zero-order valence-electron chi connectivity index (χ0n) is 10.9. The maximum atomic E-state index is 10.3. The van der Waals surface area contributed by atoms with E-state index in [0.29, 0.717) is 11.6 Å². The second-order valence-electron chi connectivity index (χ2n) is 4.10. The number of carbonyl (C=O) groups is 1. The second kappa shape index (κ2) is 7.06. The predicted molar refractivity (Wildman–Crippen MR) is 72.3 cm³/mol. The fraction of sp³-hybridized carbons (Fsp3) is 0.308. The number of benzene rings is 1. The largest absolute Gasteiger partial charge is 0.480 e. The van der Waals surface area contributed by atoms with Crippen LogP contribution in [0.1, 0.15) is 17.3 Å². The van der Waals surface area contributed by atoms with Gasteiger partial charge in [-0.1, -0.05) is 22.9 Å².